The van der Waals surface area contributed by atoms with E-state index in [-0.39, 0.29) is 46.2 Å². The molecule has 1 aliphatic carbocycles. The largest absolute Gasteiger partial charge is 0.573 e. The first kappa shape index (κ1) is 32.1. The lowest BCUT2D eigenvalue weighted by Crippen LogP contribution is -2.53. The van der Waals surface area contributed by atoms with Crippen molar-refractivity contribution in [3.8, 4) is 5.75 Å². The Balaban J connectivity index is 1.50. The SMILES string of the molecule is CC(C)N(C)[C@@H]1CC[C@H](N2CCC(NC(=O)c3cccc(OC(F)(F)F)c3)C2=O)[C@H](CS(=O)(=O)c2ccc(Cl)cc2)C1. The molecule has 4 atom stereocenters. The van der Waals surface area contributed by atoms with Gasteiger partial charge in [0.25, 0.3) is 5.91 Å². The molecule has 2 fully saturated rings. The van der Waals surface area contributed by atoms with Crippen LogP contribution in [-0.2, 0) is 14.6 Å². The molecule has 2 aromatic carbocycles. The number of carbonyl (C=O) groups excluding carboxylic acids is 2. The number of hydrogen-bond acceptors (Lipinski definition) is 6. The van der Waals surface area contributed by atoms with Gasteiger partial charge < -0.3 is 19.9 Å². The first-order chi connectivity index (χ1) is 19.6. The molecule has 1 saturated heterocycles. The van der Waals surface area contributed by atoms with Gasteiger partial charge in [0.15, 0.2) is 9.84 Å². The molecule has 1 N–H and O–H groups in total. The Morgan fingerprint density at radius 1 is 1.14 bits per heavy atom. The molecule has 1 aliphatic heterocycles. The summed E-state index contributed by atoms with van der Waals surface area (Å²) in [4.78, 5) is 30.4. The fraction of sp³-hybridized carbons (Fsp3) is 0.517. The van der Waals surface area contributed by atoms with Crippen LogP contribution in [0.2, 0.25) is 5.02 Å². The summed E-state index contributed by atoms with van der Waals surface area (Å²) in [6, 6.07) is 9.84. The predicted octanol–water partition coefficient (Wildman–Crippen LogP) is 4.92. The smallest absolute Gasteiger partial charge is 0.406 e. The van der Waals surface area contributed by atoms with Gasteiger partial charge >= 0.3 is 6.36 Å². The van der Waals surface area contributed by atoms with Gasteiger partial charge in [0.05, 0.1) is 10.6 Å². The average molecular weight is 630 g/mol. The molecule has 8 nitrogen and oxygen atoms in total. The van der Waals surface area contributed by atoms with Crippen LogP contribution in [0.1, 0.15) is 49.9 Å². The van der Waals surface area contributed by atoms with E-state index in [2.05, 4.69) is 28.8 Å². The van der Waals surface area contributed by atoms with Crippen molar-refractivity contribution < 1.29 is 35.9 Å². The fourth-order valence-electron chi connectivity index (χ4n) is 5.87. The molecule has 2 aromatic rings. The van der Waals surface area contributed by atoms with E-state index in [1.165, 1.54) is 36.4 Å². The van der Waals surface area contributed by atoms with Gasteiger partial charge in [-0.25, -0.2) is 8.42 Å². The number of halogens is 4. The molecule has 0 aromatic heterocycles. The molecular formula is C29H35ClF3N3O5S. The molecule has 42 heavy (non-hydrogen) atoms. The minimum absolute atomic E-state index is 0.0767. The number of ether oxygens (including phenoxy) is 1. The minimum atomic E-state index is -4.91. The maximum absolute atomic E-state index is 13.5. The van der Waals surface area contributed by atoms with Crippen LogP contribution < -0.4 is 10.1 Å². The van der Waals surface area contributed by atoms with E-state index in [1.54, 1.807) is 4.90 Å². The number of alkyl halides is 3. The zero-order valence-corrected chi connectivity index (χ0v) is 25.2. The van der Waals surface area contributed by atoms with Crippen LogP contribution in [0.15, 0.2) is 53.4 Å². The molecule has 230 valence electrons. The third-order valence-corrected chi connectivity index (χ3v) is 10.3. The van der Waals surface area contributed by atoms with Gasteiger partial charge in [-0.15, -0.1) is 13.2 Å². The molecule has 4 rings (SSSR count). The van der Waals surface area contributed by atoms with Gasteiger partial charge in [-0.2, -0.15) is 0 Å². The lowest BCUT2D eigenvalue weighted by Gasteiger charge is -2.44. The van der Waals surface area contributed by atoms with Gasteiger partial charge in [-0.05, 0) is 95.0 Å². The standard InChI is InChI=1S/C29H35ClF3N3O5S/c1-18(2)35(3)22-9-12-26(20(15-22)17-42(39,40)24-10-7-21(30)8-11-24)36-14-13-25(28(36)38)34-27(37)19-5-4-6-23(16-19)41-29(31,32)33/h4-8,10-11,16,18,20,22,25-26H,9,12-15,17H2,1-3H3,(H,34,37)/t20-,22+,25?,26-/m0/s1. The van der Waals surface area contributed by atoms with Crippen molar-refractivity contribution in [2.24, 2.45) is 5.92 Å². The summed E-state index contributed by atoms with van der Waals surface area (Å²) in [6.45, 7) is 4.48. The first-order valence-electron chi connectivity index (χ1n) is 13.8. The Morgan fingerprint density at radius 3 is 2.48 bits per heavy atom. The molecule has 0 radical (unpaired) electrons. The van der Waals surface area contributed by atoms with Crippen molar-refractivity contribution in [2.75, 3.05) is 19.3 Å². The second-order valence-electron chi connectivity index (χ2n) is 11.2. The quantitative estimate of drug-likeness (QED) is 0.423. The topological polar surface area (TPSA) is 96.0 Å². The van der Waals surface area contributed by atoms with Gasteiger partial charge in [0.2, 0.25) is 5.91 Å². The molecule has 1 saturated carbocycles. The molecule has 2 aliphatic rings. The van der Waals surface area contributed by atoms with E-state index < -0.39 is 33.9 Å². The van der Waals surface area contributed by atoms with Crippen LogP contribution in [0.3, 0.4) is 0 Å². The van der Waals surface area contributed by atoms with Gasteiger partial charge in [0.1, 0.15) is 11.8 Å². The summed E-state index contributed by atoms with van der Waals surface area (Å²) < 4.78 is 68.6. The van der Waals surface area contributed by atoms with Crippen molar-refractivity contribution in [1.29, 1.82) is 0 Å². The van der Waals surface area contributed by atoms with Crippen LogP contribution in [0.4, 0.5) is 13.2 Å². The van der Waals surface area contributed by atoms with Gasteiger partial charge in [0, 0.05) is 35.3 Å². The van der Waals surface area contributed by atoms with Crippen LogP contribution in [0.25, 0.3) is 0 Å². The normalized spacial score (nSPS) is 23.5. The maximum atomic E-state index is 13.5. The highest BCUT2D eigenvalue weighted by molar-refractivity contribution is 7.91. The Labute approximate surface area is 249 Å². The summed E-state index contributed by atoms with van der Waals surface area (Å²) in [7, 11) is -1.67. The lowest BCUT2D eigenvalue weighted by atomic mass is 9.81. The summed E-state index contributed by atoms with van der Waals surface area (Å²) in [6.07, 6.45) is -2.64. The minimum Gasteiger partial charge on any atom is -0.406 e. The van der Waals surface area contributed by atoms with E-state index in [0.717, 1.165) is 18.6 Å². The highest BCUT2D eigenvalue weighted by atomic mass is 35.5. The second-order valence-corrected chi connectivity index (χ2v) is 13.7. The molecule has 13 heteroatoms. The van der Waals surface area contributed by atoms with E-state index >= 15 is 0 Å². The zero-order chi connectivity index (χ0) is 30.8. The highest BCUT2D eigenvalue weighted by Crippen LogP contribution is 2.36. The Morgan fingerprint density at radius 2 is 1.83 bits per heavy atom. The van der Waals surface area contributed by atoms with E-state index in [1.807, 2.05) is 7.05 Å². The summed E-state index contributed by atoms with van der Waals surface area (Å²) in [5, 5.41) is 3.06. The van der Waals surface area contributed by atoms with Crippen LogP contribution >= 0.6 is 11.6 Å². The van der Waals surface area contributed by atoms with Crippen molar-refractivity contribution in [3.63, 3.8) is 0 Å². The third-order valence-electron chi connectivity index (χ3n) is 8.19. The van der Waals surface area contributed by atoms with E-state index in [4.69, 9.17) is 11.6 Å². The number of nitrogens with zero attached hydrogens (tertiary/aromatic N) is 2. The molecule has 1 heterocycles. The third kappa shape index (κ3) is 7.76. The van der Waals surface area contributed by atoms with Crippen LogP contribution in [0, 0.1) is 5.92 Å². The van der Waals surface area contributed by atoms with Gasteiger partial charge in [-0.3, -0.25) is 9.59 Å². The predicted molar refractivity (Wildman–Crippen MR) is 152 cm³/mol. The summed E-state index contributed by atoms with van der Waals surface area (Å²) in [5.41, 5.74) is -0.0767. The Kier molecular flexibility index (Phi) is 9.79. The molecule has 0 spiro atoms. The highest BCUT2D eigenvalue weighted by Gasteiger charge is 2.44. The van der Waals surface area contributed by atoms with Crippen molar-refractivity contribution >= 4 is 33.3 Å². The second kappa shape index (κ2) is 12.8. The number of hydrogen-bond donors (Lipinski definition) is 1. The Hall–Kier alpha value is -2.83. The number of carbonyl (C=O) groups is 2. The van der Waals surface area contributed by atoms with Crippen molar-refractivity contribution in [3.05, 3.63) is 59.1 Å². The van der Waals surface area contributed by atoms with Gasteiger partial charge in [-0.1, -0.05) is 17.7 Å². The molecule has 0 bridgehead atoms. The summed E-state index contributed by atoms with van der Waals surface area (Å²) >= 11 is 5.96. The average Bonchev–Trinajstić information content (AvgIpc) is 3.26. The van der Waals surface area contributed by atoms with Crippen molar-refractivity contribution in [2.45, 2.75) is 75.0 Å². The monoisotopic (exact) mass is 629 g/mol. The van der Waals surface area contributed by atoms with Crippen LogP contribution in [0.5, 0.6) is 5.75 Å². The number of sulfone groups is 1. The first-order valence-corrected chi connectivity index (χ1v) is 15.8. The number of amides is 2. The maximum Gasteiger partial charge on any atom is 0.573 e. The molecule has 1 unspecified atom stereocenters. The van der Waals surface area contributed by atoms with Crippen molar-refractivity contribution in [1.82, 2.24) is 15.1 Å². The van der Waals surface area contributed by atoms with Crippen LogP contribution in [-0.4, -0.2) is 79.9 Å². The fourth-order valence-corrected chi connectivity index (χ4v) is 7.66. The number of nitrogens with one attached hydrogen (secondary N) is 1. The Bertz CT molecular complexity index is 1390. The molecule has 2 amide bonds. The number of rotatable bonds is 9. The zero-order valence-electron chi connectivity index (χ0n) is 23.6. The number of benzene rings is 2. The number of likely N-dealkylation sites (tertiary alicyclic amines) is 1. The molecular weight excluding hydrogens is 595 g/mol. The lowest BCUT2D eigenvalue weighted by molar-refractivity contribution is -0.274. The van der Waals surface area contributed by atoms with E-state index in [0.29, 0.717) is 30.8 Å². The summed E-state index contributed by atoms with van der Waals surface area (Å²) in [5.74, 6) is -2.07. The van der Waals surface area contributed by atoms with E-state index in [9.17, 15) is 31.2 Å².